The van der Waals surface area contributed by atoms with Gasteiger partial charge in [0, 0.05) is 11.3 Å². The number of H-pyrrole nitrogens is 1. The monoisotopic (exact) mass is 480 g/mol. The molecule has 0 saturated carbocycles. The molecule has 0 aliphatic heterocycles. The Morgan fingerprint density at radius 2 is 1.84 bits per heavy atom. The van der Waals surface area contributed by atoms with Gasteiger partial charge < -0.3 is 4.98 Å². The molecule has 6 heteroatoms. The number of nitrogens with one attached hydrogen (secondary N) is 1. The van der Waals surface area contributed by atoms with Crippen molar-refractivity contribution in [1.29, 1.82) is 5.26 Å². The van der Waals surface area contributed by atoms with E-state index in [1.807, 2.05) is 51.3 Å². The minimum absolute atomic E-state index is 0.0452. The molecule has 0 atom stereocenters. The number of aromatic amines is 1. The van der Waals surface area contributed by atoms with E-state index in [-0.39, 0.29) is 11.4 Å². The number of nitrogens with zero attached hydrogens (tertiary/aromatic N) is 1. The van der Waals surface area contributed by atoms with Gasteiger partial charge in [-0.05, 0) is 75.9 Å². The Bertz CT molecular complexity index is 739. The maximum atomic E-state index is 13.6. The molecule has 0 unspecified atom stereocenters. The predicted octanol–water partition coefficient (Wildman–Crippen LogP) is 3.57. The zero-order chi connectivity index (χ0) is 14.2. The smallest absolute Gasteiger partial charge is 0.266 e. The molecule has 2 rings (SSSR count). The lowest BCUT2D eigenvalue weighted by molar-refractivity contribution is 0.613. The lowest BCUT2D eigenvalue weighted by Gasteiger charge is -2.08. The summed E-state index contributed by atoms with van der Waals surface area (Å²) in [6.07, 6.45) is 0. The van der Waals surface area contributed by atoms with Crippen LogP contribution >= 0.6 is 45.2 Å². The van der Waals surface area contributed by atoms with Crippen LogP contribution < -0.4 is 5.56 Å². The first kappa shape index (κ1) is 14.5. The van der Waals surface area contributed by atoms with Crippen molar-refractivity contribution in [3.63, 3.8) is 0 Å². The minimum atomic E-state index is -0.424. The standard InChI is InChI=1S/C13H7FI2N2O/c1-6-2-8(9(5-17)13(19)18-6)7-3-10(15)12(14)11(16)4-7/h2-4H,1H3,(H,18,19). The summed E-state index contributed by atoms with van der Waals surface area (Å²) in [5.41, 5.74) is 1.48. The van der Waals surface area contributed by atoms with Gasteiger partial charge in [-0.1, -0.05) is 0 Å². The van der Waals surface area contributed by atoms with Gasteiger partial charge in [-0.25, -0.2) is 4.39 Å². The maximum absolute atomic E-state index is 13.6. The van der Waals surface area contributed by atoms with E-state index in [0.29, 0.717) is 24.0 Å². The number of nitriles is 1. The van der Waals surface area contributed by atoms with Gasteiger partial charge in [-0.2, -0.15) is 5.26 Å². The second kappa shape index (κ2) is 5.58. The van der Waals surface area contributed by atoms with E-state index in [0.717, 1.165) is 0 Å². The Balaban J connectivity index is 2.80. The van der Waals surface area contributed by atoms with Crippen LogP contribution in [0.15, 0.2) is 23.0 Å². The lowest BCUT2D eigenvalue weighted by Crippen LogP contribution is -2.12. The molecular formula is C13H7FI2N2O. The van der Waals surface area contributed by atoms with E-state index in [4.69, 9.17) is 5.26 Å². The molecule has 1 heterocycles. The Kier molecular flexibility index (Phi) is 4.25. The molecule has 0 fully saturated rings. The third-order valence-electron chi connectivity index (χ3n) is 2.57. The molecule has 1 aromatic heterocycles. The average molecular weight is 480 g/mol. The molecule has 0 bridgehead atoms. The molecule has 0 amide bonds. The summed E-state index contributed by atoms with van der Waals surface area (Å²) in [5.74, 6) is -0.287. The number of pyridine rings is 1. The number of aromatic nitrogens is 1. The van der Waals surface area contributed by atoms with Crippen LogP contribution in [0.1, 0.15) is 11.3 Å². The SMILES string of the molecule is Cc1cc(-c2cc(I)c(F)c(I)c2)c(C#N)c(=O)[nH]1. The molecule has 1 aromatic carbocycles. The first-order chi connectivity index (χ1) is 8.93. The van der Waals surface area contributed by atoms with E-state index in [9.17, 15) is 9.18 Å². The highest BCUT2D eigenvalue weighted by Crippen LogP contribution is 2.28. The first-order valence-electron chi connectivity index (χ1n) is 5.23. The first-order valence-corrected chi connectivity index (χ1v) is 7.38. The predicted molar refractivity (Wildman–Crippen MR) is 87.3 cm³/mol. The Morgan fingerprint density at radius 3 is 2.37 bits per heavy atom. The fraction of sp³-hybridized carbons (Fsp3) is 0.0769. The Hall–Kier alpha value is -0.950. The number of halogens is 3. The van der Waals surface area contributed by atoms with Crippen molar-refractivity contribution in [2.75, 3.05) is 0 Å². The molecule has 2 aromatic rings. The van der Waals surface area contributed by atoms with Gasteiger partial charge in [-0.15, -0.1) is 0 Å². The van der Waals surface area contributed by atoms with Crippen molar-refractivity contribution in [2.45, 2.75) is 6.92 Å². The van der Waals surface area contributed by atoms with E-state index >= 15 is 0 Å². The second-order valence-corrected chi connectivity index (χ2v) is 6.26. The number of hydrogen-bond acceptors (Lipinski definition) is 2. The molecule has 19 heavy (non-hydrogen) atoms. The van der Waals surface area contributed by atoms with Gasteiger partial charge >= 0.3 is 0 Å². The van der Waals surface area contributed by atoms with Gasteiger partial charge in [0.1, 0.15) is 17.4 Å². The molecule has 0 aliphatic rings. The molecule has 3 nitrogen and oxygen atoms in total. The third-order valence-corrected chi connectivity index (χ3v) is 4.14. The van der Waals surface area contributed by atoms with E-state index in [1.165, 1.54) is 0 Å². The summed E-state index contributed by atoms with van der Waals surface area (Å²) in [7, 11) is 0. The van der Waals surface area contributed by atoms with Gasteiger partial charge in [0.05, 0.1) is 7.14 Å². The summed E-state index contributed by atoms with van der Waals surface area (Å²) in [6, 6.07) is 6.89. The van der Waals surface area contributed by atoms with E-state index in [2.05, 4.69) is 4.98 Å². The van der Waals surface area contributed by atoms with Crippen molar-refractivity contribution in [2.24, 2.45) is 0 Å². The molecule has 0 spiro atoms. The maximum Gasteiger partial charge on any atom is 0.266 e. The van der Waals surface area contributed by atoms with Crippen molar-refractivity contribution in [1.82, 2.24) is 4.98 Å². The van der Waals surface area contributed by atoms with Crippen LogP contribution in [0.2, 0.25) is 0 Å². The highest BCUT2D eigenvalue weighted by molar-refractivity contribution is 14.1. The van der Waals surface area contributed by atoms with Crippen LogP contribution in [-0.2, 0) is 0 Å². The van der Waals surface area contributed by atoms with Crippen LogP contribution in [-0.4, -0.2) is 4.98 Å². The number of hydrogen-bond donors (Lipinski definition) is 1. The fourth-order valence-corrected chi connectivity index (χ4v) is 3.51. The largest absolute Gasteiger partial charge is 0.325 e. The van der Waals surface area contributed by atoms with Crippen LogP contribution in [0.25, 0.3) is 11.1 Å². The van der Waals surface area contributed by atoms with Crippen LogP contribution in [0.5, 0.6) is 0 Å². The Labute approximate surface area is 136 Å². The number of benzene rings is 1. The quantitative estimate of drug-likeness (QED) is 0.502. The highest BCUT2D eigenvalue weighted by atomic mass is 127. The summed E-state index contributed by atoms with van der Waals surface area (Å²) in [6.45, 7) is 1.74. The molecule has 96 valence electrons. The van der Waals surface area contributed by atoms with Crippen molar-refractivity contribution < 1.29 is 4.39 Å². The topological polar surface area (TPSA) is 56.6 Å². The molecular weight excluding hydrogens is 473 g/mol. The van der Waals surface area contributed by atoms with Crippen LogP contribution in [0.4, 0.5) is 4.39 Å². The highest BCUT2D eigenvalue weighted by Gasteiger charge is 2.13. The summed E-state index contributed by atoms with van der Waals surface area (Å²) >= 11 is 3.79. The summed E-state index contributed by atoms with van der Waals surface area (Å²) in [5, 5.41) is 9.10. The van der Waals surface area contributed by atoms with Crippen molar-refractivity contribution >= 4 is 45.2 Å². The van der Waals surface area contributed by atoms with E-state index < -0.39 is 5.56 Å². The normalized spacial score (nSPS) is 10.3. The van der Waals surface area contributed by atoms with E-state index in [1.54, 1.807) is 25.1 Å². The molecule has 0 radical (unpaired) electrons. The number of rotatable bonds is 1. The molecule has 1 N–H and O–H groups in total. The minimum Gasteiger partial charge on any atom is -0.325 e. The second-order valence-electron chi connectivity index (χ2n) is 3.94. The van der Waals surface area contributed by atoms with Crippen LogP contribution in [0.3, 0.4) is 0 Å². The van der Waals surface area contributed by atoms with Crippen molar-refractivity contribution in [3.8, 4) is 17.2 Å². The summed E-state index contributed by atoms with van der Waals surface area (Å²) in [4.78, 5) is 14.3. The number of aryl methyl sites for hydroxylation is 1. The van der Waals surface area contributed by atoms with Crippen molar-refractivity contribution in [3.05, 3.63) is 52.8 Å². The fourth-order valence-electron chi connectivity index (χ4n) is 1.74. The summed E-state index contributed by atoms with van der Waals surface area (Å²) < 4.78 is 14.5. The average Bonchev–Trinajstić information content (AvgIpc) is 2.34. The van der Waals surface area contributed by atoms with Gasteiger partial charge in [0.15, 0.2) is 0 Å². The Morgan fingerprint density at radius 1 is 1.26 bits per heavy atom. The zero-order valence-electron chi connectivity index (χ0n) is 9.72. The van der Waals surface area contributed by atoms with Gasteiger partial charge in [0.2, 0.25) is 0 Å². The zero-order valence-corrected chi connectivity index (χ0v) is 14.0. The third kappa shape index (κ3) is 2.81. The lowest BCUT2D eigenvalue weighted by atomic mass is 10.0. The van der Waals surface area contributed by atoms with Gasteiger partial charge in [0.25, 0.3) is 5.56 Å². The molecule has 0 saturated heterocycles. The van der Waals surface area contributed by atoms with Crippen LogP contribution in [0, 0.1) is 31.2 Å². The molecule has 0 aliphatic carbocycles. The van der Waals surface area contributed by atoms with Gasteiger partial charge in [-0.3, -0.25) is 4.79 Å².